The molecule has 134 valence electrons. The van der Waals surface area contributed by atoms with Crippen LogP contribution in [0.15, 0.2) is 17.2 Å². The summed E-state index contributed by atoms with van der Waals surface area (Å²) in [5.41, 5.74) is 0.127. The first-order chi connectivity index (χ1) is 11.3. The Balaban J connectivity index is 1.94. The van der Waals surface area contributed by atoms with E-state index in [1.165, 1.54) is 23.9 Å². The van der Waals surface area contributed by atoms with Crippen molar-refractivity contribution in [1.29, 1.82) is 0 Å². The van der Waals surface area contributed by atoms with E-state index in [4.69, 9.17) is 4.74 Å². The standard InChI is InChI=1S/C14H21N3O6S/c1-16-10-11(9-12(16)14(19)22-2)24(20,21)15-4-3-13(18)17-5-7-23-8-6-17/h9-10,15H,3-8H2,1-2H3. The number of carbonyl (C=O) groups excluding carboxylic acids is 2. The van der Waals surface area contributed by atoms with Gasteiger partial charge in [-0.1, -0.05) is 0 Å². The van der Waals surface area contributed by atoms with Crippen LogP contribution in [0.1, 0.15) is 16.9 Å². The number of aryl methyl sites for hydroxylation is 1. The van der Waals surface area contributed by atoms with Crippen molar-refractivity contribution in [2.24, 2.45) is 7.05 Å². The average molecular weight is 359 g/mol. The summed E-state index contributed by atoms with van der Waals surface area (Å²) >= 11 is 0. The molecule has 0 bridgehead atoms. The van der Waals surface area contributed by atoms with Gasteiger partial charge in [-0.15, -0.1) is 0 Å². The second-order valence-electron chi connectivity index (χ2n) is 5.30. The topological polar surface area (TPSA) is 107 Å². The molecule has 1 aromatic heterocycles. The molecule has 2 heterocycles. The molecule has 0 unspecified atom stereocenters. The van der Waals surface area contributed by atoms with Crippen molar-refractivity contribution in [2.45, 2.75) is 11.3 Å². The lowest BCUT2D eigenvalue weighted by Crippen LogP contribution is -2.41. The largest absolute Gasteiger partial charge is 0.464 e. The number of ether oxygens (including phenoxy) is 2. The van der Waals surface area contributed by atoms with Gasteiger partial charge in [0.2, 0.25) is 15.9 Å². The Labute approximate surface area is 140 Å². The molecule has 1 N–H and O–H groups in total. The third kappa shape index (κ3) is 4.34. The first-order valence-electron chi connectivity index (χ1n) is 7.45. The summed E-state index contributed by atoms with van der Waals surface area (Å²) in [6.45, 7) is 2.02. The lowest BCUT2D eigenvalue weighted by atomic mass is 10.3. The lowest BCUT2D eigenvalue weighted by Gasteiger charge is -2.26. The second kappa shape index (κ2) is 7.77. The summed E-state index contributed by atoms with van der Waals surface area (Å²) in [6.07, 6.45) is 1.38. The Morgan fingerprint density at radius 3 is 2.62 bits per heavy atom. The van der Waals surface area contributed by atoms with E-state index >= 15 is 0 Å². The second-order valence-corrected chi connectivity index (χ2v) is 7.07. The van der Waals surface area contributed by atoms with Crippen LogP contribution in [0.2, 0.25) is 0 Å². The zero-order chi connectivity index (χ0) is 17.7. The van der Waals surface area contributed by atoms with E-state index in [9.17, 15) is 18.0 Å². The fourth-order valence-electron chi connectivity index (χ4n) is 2.34. The fraction of sp³-hybridized carbons (Fsp3) is 0.571. The highest BCUT2D eigenvalue weighted by Gasteiger charge is 2.22. The van der Waals surface area contributed by atoms with Gasteiger partial charge in [0.05, 0.1) is 20.3 Å². The number of sulfonamides is 1. The summed E-state index contributed by atoms with van der Waals surface area (Å²) in [7, 11) is -1.03. The number of morpholine rings is 1. The van der Waals surface area contributed by atoms with Crippen LogP contribution in [0.5, 0.6) is 0 Å². The van der Waals surface area contributed by atoms with Gasteiger partial charge < -0.3 is 18.9 Å². The first kappa shape index (κ1) is 18.4. The minimum Gasteiger partial charge on any atom is -0.464 e. The van der Waals surface area contributed by atoms with Gasteiger partial charge in [-0.3, -0.25) is 4.79 Å². The van der Waals surface area contributed by atoms with Crippen LogP contribution in [-0.2, 0) is 31.3 Å². The molecule has 1 aliphatic rings. The number of esters is 1. The van der Waals surface area contributed by atoms with Crippen LogP contribution in [0.4, 0.5) is 0 Å². The highest BCUT2D eigenvalue weighted by atomic mass is 32.2. The summed E-state index contributed by atoms with van der Waals surface area (Å²) < 4.78 is 38.0. The molecule has 1 fully saturated rings. The maximum absolute atomic E-state index is 12.2. The van der Waals surface area contributed by atoms with E-state index in [1.54, 1.807) is 11.9 Å². The van der Waals surface area contributed by atoms with Gasteiger partial charge in [0.1, 0.15) is 10.6 Å². The predicted octanol–water partition coefficient (Wildman–Crippen LogP) is -0.661. The highest BCUT2D eigenvalue weighted by Crippen LogP contribution is 2.14. The van der Waals surface area contributed by atoms with Crippen LogP contribution >= 0.6 is 0 Å². The number of carbonyl (C=O) groups is 2. The van der Waals surface area contributed by atoms with Gasteiger partial charge in [-0.05, 0) is 6.07 Å². The molecule has 1 saturated heterocycles. The molecule has 1 aromatic rings. The molecule has 0 spiro atoms. The lowest BCUT2D eigenvalue weighted by molar-refractivity contribution is -0.135. The molecule has 10 heteroatoms. The third-order valence-corrected chi connectivity index (χ3v) is 5.11. The van der Waals surface area contributed by atoms with E-state index in [-0.39, 0.29) is 29.5 Å². The Hall–Kier alpha value is -1.91. The van der Waals surface area contributed by atoms with Crippen molar-refractivity contribution < 1.29 is 27.5 Å². The molecule has 1 aliphatic heterocycles. The predicted molar refractivity (Wildman–Crippen MR) is 84.0 cm³/mol. The summed E-state index contributed by atoms with van der Waals surface area (Å²) in [4.78, 5) is 25.1. The Morgan fingerprint density at radius 1 is 1.33 bits per heavy atom. The van der Waals surface area contributed by atoms with Crippen molar-refractivity contribution in [3.8, 4) is 0 Å². The number of nitrogens with one attached hydrogen (secondary N) is 1. The SMILES string of the molecule is COC(=O)c1cc(S(=O)(=O)NCCC(=O)N2CCOCC2)cn1C. The number of rotatable bonds is 6. The maximum atomic E-state index is 12.2. The zero-order valence-electron chi connectivity index (χ0n) is 13.6. The van der Waals surface area contributed by atoms with Crippen molar-refractivity contribution >= 4 is 21.9 Å². The van der Waals surface area contributed by atoms with Crippen molar-refractivity contribution in [3.05, 3.63) is 18.0 Å². The van der Waals surface area contributed by atoms with Crippen LogP contribution < -0.4 is 4.72 Å². The van der Waals surface area contributed by atoms with Crippen molar-refractivity contribution in [3.63, 3.8) is 0 Å². The van der Waals surface area contributed by atoms with Gasteiger partial charge >= 0.3 is 5.97 Å². The van der Waals surface area contributed by atoms with E-state index in [1.807, 2.05) is 0 Å². The number of nitrogens with zero attached hydrogens (tertiary/aromatic N) is 2. The normalized spacial score (nSPS) is 15.3. The number of amides is 1. The van der Waals surface area contributed by atoms with Gasteiger partial charge in [0, 0.05) is 39.3 Å². The van der Waals surface area contributed by atoms with Gasteiger partial charge in [-0.2, -0.15) is 0 Å². The monoisotopic (exact) mass is 359 g/mol. The average Bonchev–Trinajstić information content (AvgIpc) is 2.97. The Morgan fingerprint density at radius 2 is 2.00 bits per heavy atom. The van der Waals surface area contributed by atoms with E-state index in [0.717, 1.165) is 0 Å². The molecule has 2 rings (SSSR count). The van der Waals surface area contributed by atoms with Crippen LogP contribution in [0.3, 0.4) is 0 Å². The molecule has 0 radical (unpaired) electrons. The fourth-order valence-corrected chi connectivity index (χ4v) is 3.44. The van der Waals surface area contributed by atoms with E-state index < -0.39 is 16.0 Å². The van der Waals surface area contributed by atoms with Gasteiger partial charge in [0.15, 0.2) is 0 Å². The number of hydrogen-bond acceptors (Lipinski definition) is 6. The molecular formula is C14H21N3O6S. The molecule has 9 nitrogen and oxygen atoms in total. The van der Waals surface area contributed by atoms with Crippen molar-refractivity contribution in [2.75, 3.05) is 40.0 Å². The quantitative estimate of drug-likeness (QED) is 0.676. The van der Waals surface area contributed by atoms with Crippen LogP contribution in [-0.4, -0.2) is 69.7 Å². The van der Waals surface area contributed by atoms with Gasteiger partial charge in [0.25, 0.3) is 0 Å². The van der Waals surface area contributed by atoms with Crippen molar-refractivity contribution in [1.82, 2.24) is 14.2 Å². The summed E-state index contributed by atoms with van der Waals surface area (Å²) in [6, 6.07) is 1.23. The minimum absolute atomic E-state index is 0.0129. The molecule has 0 aromatic carbocycles. The van der Waals surface area contributed by atoms with E-state index in [2.05, 4.69) is 9.46 Å². The van der Waals surface area contributed by atoms with Gasteiger partial charge in [-0.25, -0.2) is 17.9 Å². The number of hydrogen-bond donors (Lipinski definition) is 1. The third-order valence-electron chi connectivity index (χ3n) is 3.68. The maximum Gasteiger partial charge on any atom is 0.354 e. The molecule has 0 atom stereocenters. The molecule has 0 aliphatic carbocycles. The number of aromatic nitrogens is 1. The highest BCUT2D eigenvalue weighted by molar-refractivity contribution is 7.89. The first-order valence-corrected chi connectivity index (χ1v) is 8.93. The molecular weight excluding hydrogens is 338 g/mol. The zero-order valence-corrected chi connectivity index (χ0v) is 14.5. The summed E-state index contributed by atoms with van der Waals surface area (Å²) in [5, 5.41) is 0. The minimum atomic E-state index is -3.80. The molecule has 0 saturated carbocycles. The van der Waals surface area contributed by atoms with E-state index in [0.29, 0.717) is 26.3 Å². The molecule has 24 heavy (non-hydrogen) atoms. The summed E-state index contributed by atoms with van der Waals surface area (Å²) in [5.74, 6) is -0.745. The Bertz CT molecular complexity index is 706. The van der Waals surface area contributed by atoms with Crippen LogP contribution in [0.25, 0.3) is 0 Å². The number of methoxy groups -OCH3 is 1. The van der Waals surface area contributed by atoms with Crippen LogP contribution in [0, 0.1) is 0 Å². The smallest absolute Gasteiger partial charge is 0.354 e. The molecule has 1 amide bonds. The Kier molecular flexibility index (Phi) is 5.97.